The van der Waals surface area contributed by atoms with Crippen molar-refractivity contribution in [1.29, 1.82) is 0 Å². The van der Waals surface area contributed by atoms with Crippen molar-refractivity contribution in [3.05, 3.63) is 35.4 Å². The van der Waals surface area contributed by atoms with Gasteiger partial charge in [-0.15, -0.1) is 0 Å². The number of hydrogen-bond acceptors (Lipinski definition) is 3. The topological polar surface area (TPSA) is 66.8 Å². The second kappa shape index (κ2) is 5.21. The van der Waals surface area contributed by atoms with Crippen LogP contribution in [0.5, 0.6) is 0 Å². The lowest BCUT2D eigenvalue weighted by atomic mass is 10.1. The van der Waals surface area contributed by atoms with Crippen LogP contribution in [-0.4, -0.2) is 13.9 Å². The van der Waals surface area contributed by atoms with Crippen molar-refractivity contribution in [3.63, 3.8) is 0 Å². The highest BCUT2D eigenvalue weighted by Gasteiger charge is 2.01. The summed E-state index contributed by atoms with van der Waals surface area (Å²) in [6.07, 6.45) is -0.503. The van der Waals surface area contributed by atoms with Gasteiger partial charge >= 0.3 is 11.4 Å². The summed E-state index contributed by atoms with van der Waals surface area (Å²) in [5, 5.41) is 9.21. The molecular weight excluding hydrogens is 204 g/mol. The third-order valence-corrected chi connectivity index (χ3v) is 2.11. The summed E-state index contributed by atoms with van der Waals surface area (Å²) in [4.78, 5) is 0. The number of rotatable bonds is 4. The average molecular weight is 216 g/mol. The van der Waals surface area contributed by atoms with Crippen LogP contribution in [0.3, 0.4) is 0 Å². The van der Waals surface area contributed by atoms with Crippen LogP contribution >= 0.6 is 0 Å². The van der Waals surface area contributed by atoms with Crippen LogP contribution in [0, 0.1) is 0 Å². The van der Waals surface area contributed by atoms with Crippen molar-refractivity contribution >= 4 is 11.4 Å². The minimum absolute atomic E-state index is 0.0865. The third-order valence-electron chi connectivity index (χ3n) is 1.79. The summed E-state index contributed by atoms with van der Waals surface area (Å²) >= 11 is -2.23. The van der Waals surface area contributed by atoms with E-state index in [1.165, 1.54) is 0 Å². The van der Waals surface area contributed by atoms with Gasteiger partial charge in [0, 0.05) is 0 Å². The molecule has 78 valence electrons. The van der Waals surface area contributed by atoms with Crippen molar-refractivity contribution in [3.8, 4) is 0 Å². The molecule has 0 radical (unpaired) electrons. The maximum Gasteiger partial charge on any atom is 0.302 e. The lowest BCUT2D eigenvalue weighted by Crippen LogP contribution is -1.96. The summed E-state index contributed by atoms with van der Waals surface area (Å²) in [7, 11) is 0. The zero-order chi connectivity index (χ0) is 10.6. The Kier molecular flexibility index (Phi) is 4.21. The minimum Gasteiger partial charge on any atom is -0.389 e. The fraction of sp³-hybridized carbons (Fsp3) is 0.333. The standard InChI is InChI=1S/C9H12O4S/c1-7(10)9-4-2-8(3-5-9)6-13-14(11)12/h2-5,7,10H,6H2,1H3,(H,11,12). The average Bonchev–Trinajstić information content (AvgIpc) is 2.15. The van der Waals surface area contributed by atoms with Crippen molar-refractivity contribution in [2.45, 2.75) is 19.6 Å². The SMILES string of the molecule is CC(O)c1ccc(COS(=O)O)cc1. The van der Waals surface area contributed by atoms with Crippen LogP contribution in [0.1, 0.15) is 24.2 Å². The summed E-state index contributed by atoms with van der Waals surface area (Å²) in [6.45, 7) is 1.76. The molecule has 4 nitrogen and oxygen atoms in total. The van der Waals surface area contributed by atoms with E-state index in [4.69, 9.17) is 4.55 Å². The summed E-state index contributed by atoms with van der Waals surface area (Å²) in [6, 6.07) is 7.00. The van der Waals surface area contributed by atoms with E-state index < -0.39 is 17.5 Å². The van der Waals surface area contributed by atoms with Crippen LogP contribution < -0.4 is 0 Å². The largest absolute Gasteiger partial charge is 0.389 e. The monoisotopic (exact) mass is 216 g/mol. The molecule has 0 aliphatic heterocycles. The predicted octanol–water partition coefficient (Wildman–Crippen LogP) is 1.39. The normalized spacial score (nSPS) is 15.1. The molecule has 0 bridgehead atoms. The van der Waals surface area contributed by atoms with E-state index in [0.717, 1.165) is 11.1 Å². The number of aliphatic hydroxyl groups is 1. The van der Waals surface area contributed by atoms with Crippen LogP contribution in [0.4, 0.5) is 0 Å². The van der Waals surface area contributed by atoms with Gasteiger partial charge in [-0.25, -0.2) is 0 Å². The summed E-state index contributed by atoms with van der Waals surface area (Å²) in [5.41, 5.74) is 1.59. The van der Waals surface area contributed by atoms with E-state index in [0.29, 0.717) is 0 Å². The molecule has 0 aromatic heterocycles. The first-order valence-electron chi connectivity index (χ1n) is 4.10. The zero-order valence-electron chi connectivity index (χ0n) is 7.71. The van der Waals surface area contributed by atoms with Crippen molar-refractivity contribution < 1.29 is 18.1 Å². The minimum atomic E-state index is -2.23. The Morgan fingerprint density at radius 3 is 2.43 bits per heavy atom. The van der Waals surface area contributed by atoms with E-state index >= 15 is 0 Å². The van der Waals surface area contributed by atoms with E-state index in [2.05, 4.69) is 4.18 Å². The number of aliphatic hydroxyl groups excluding tert-OH is 1. The molecule has 2 unspecified atom stereocenters. The van der Waals surface area contributed by atoms with Gasteiger partial charge in [-0.3, -0.25) is 8.74 Å². The molecule has 0 heterocycles. The first kappa shape index (κ1) is 11.3. The highest BCUT2D eigenvalue weighted by molar-refractivity contribution is 7.74. The number of benzene rings is 1. The Balaban J connectivity index is 2.59. The smallest absolute Gasteiger partial charge is 0.302 e. The van der Waals surface area contributed by atoms with E-state index in [-0.39, 0.29) is 6.61 Å². The molecule has 0 fully saturated rings. The van der Waals surface area contributed by atoms with Gasteiger partial charge < -0.3 is 5.11 Å². The summed E-state index contributed by atoms with van der Waals surface area (Å²) < 4.78 is 23.1. The zero-order valence-corrected chi connectivity index (χ0v) is 8.53. The Morgan fingerprint density at radius 2 is 2.00 bits per heavy atom. The molecule has 1 aromatic carbocycles. The fourth-order valence-electron chi connectivity index (χ4n) is 1.01. The van der Waals surface area contributed by atoms with Crippen LogP contribution in [0.25, 0.3) is 0 Å². The molecule has 0 aliphatic rings. The highest BCUT2D eigenvalue weighted by atomic mass is 32.2. The van der Waals surface area contributed by atoms with Gasteiger partial charge in [-0.1, -0.05) is 24.3 Å². The van der Waals surface area contributed by atoms with Crippen molar-refractivity contribution in [2.75, 3.05) is 0 Å². The molecule has 0 saturated carbocycles. The lowest BCUT2D eigenvalue weighted by Gasteiger charge is -2.05. The molecule has 2 N–H and O–H groups in total. The van der Waals surface area contributed by atoms with Crippen LogP contribution in [0.2, 0.25) is 0 Å². The first-order valence-corrected chi connectivity index (χ1v) is 5.14. The first-order chi connectivity index (χ1) is 6.59. The summed E-state index contributed by atoms with van der Waals surface area (Å²) in [5.74, 6) is 0. The molecule has 1 rings (SSSR count). The molecule has 0 aliphatic carbocycles. The maximum absolute atomic E-state index is 10.2. The molecule has 1 aromatic rings. The van der Waals surface area contributed by atoms with Crippen LogP contribution in [0.15, 0.2) is 24.3 Å². The second-order valence-corrected chi connectivity index (χ2v) is 3.57. The van der Waals surface area contributed by atoms with E-state index in [1.54, 1.807) is 31.2 Å². The highest BCUT2D eigenvalue weighted by Crippen LogP contribution is 2.13. The van der Waals surface area contributed by atoms with Gasteiger partial charge in [-0.2, -0.15) is 4.21 Å². The van der Waals surface area contributed by atoms with Crippen molar-refractivity contribution in [2.24, 2.45) is 0 Å². The molecule has 2 atom stereocenters. The Bertz CT molecular complexity index is 307. The molecule has 5 heteroatoms. The molecule has 0 spiro atoms. The third kappa shape index (κ3) is 3.55. The Morgan fingerprint density at radius 1 is 1.43 bits per heavy atom. The van der Waals surface area contributed by atoms with Gasteiger partial charge in [0.05, 0.1) is 12.7 Å². The van der Waals surface area contributed by atoms with Crippen LogP contribution in [-0.2, 0) is 22.2 Å². The van der Waals surface area contributed by atoms with E-state index in [1.807, 2.05) is 0 Å². The predicted molar refractivity (Wildman–Crippen MR) is 52.6 cm³/mol. The second-order valence-electron chi connectivity index (χ2n) is 2.90. The fourth-order valence-corrected chi connectivity index (χ4v) is 1.25. The Hall–Kier alpha value is -0.750. The maximum atomic E-state index is 10.2. The number of hydrogen-bond donors (Lipinski definition) is 2. The lowest BCUT2D eigenvalue weighted by molar-refractivity contribution is 0.199. The van der Waals surface area contributed by atoms with Gasteiger partial charge in [0.2, 0.25) is 0 Å². The molecule has 0 saturated heterocycles. The molecule has 0 amide bonds. The van der Waals surface area contributed by atoms with Gasteiger partial charge in [0.15, 0.2) is 0 Å². The van der Waals surface area contributed by atoms with Gasteiger partial charge in [0.25, 0.3) is 0 Å². The van der Waals surface area contributed by atoms with E-state index in [9.17, 15) is 9.32 Å². The quantitative estimate of drug-likeness (QED) is 0.746. The Labute approximate surface area is 85.0 Å². The van der Waals surface area contributed by atoms with Gasteiger partial charge in [-0.05, 0) is 18.1 Å². The molecular formula is C9H12O4S. The van der Waals surface area contributed by atoms with Gasteiger partial charge in [0.1, 0.15) is 0 Å². The molecule has 14 heavy (non-hydrogen) atoms. The van der Waals surface area contributed by atoms with Crippen molar-refractivity contribution in [1.82, 2.24) is 0 Å².